The number of hydrogen-bond donors (Lipinski definition) is 0. The number of halogens is 3. The molecule has 0 spiro atoms. The molecular formula is C19H24F3NO2. The van der Waals surface area contributed by atoms with Crippen molar-refractivity contribution in [1.82, 2.24) is 4.90 Å². The molecule has 0 aliphatic carbocycles. The Morgan fingerprint density at radius 2 is 1.88 bits per heavy atom. The van der Waals surface area contributed by atoms with Crippen LogP contribution < -0.4 is 0 Å². The standard InChI is InChI=1S/C19H24F3NO2/c1-18(2,3)25-17(24)23-12-11-15(13-23)6-4-5-14-7-9-16(10-8-14)19(20,21)22/h4,6-10,15H,5,11-13H2,1-3H3. The first-order valence-corrected chi connectivity index (χ1v) is 8.35. The van der Waals surface area contributed by atoms with Crippen LogP contribution in [-0.4, -0.2) is 29.7 Å². The highest BCUT2D eigenvalue weighted by Crippen LogP contribution is 2.29. The Balaban J connectivity index is 1.82. The predicted octanol–water partition coefficient (Wildman–Crippen LogP) is 5.06. The van der Waals surface area contributed by atoms with Crippen LogP contribution in [0.5, 0.6) is 0 Å². The minimum atomic E-state index is -4.30. The first-order valence-electron chi connectivity index (χ1n) is 8.35. The number of alkyl halides is 3. The summed E-state index contributed by atoms with van der Waals surface area (Å²) in [5, 5.41) is 0. The number of ether oxygens (including phenoxy) is 1. The molecule has 1 aromatic rings. The van der Waals surface area contributed by atoms with Crippen molar-refractivity contribution < 1.29 is 22.7 Å². The molecule has 0 aromatic heterocycles. The Morgan fingerprint density at radius 3 is 2.44 bits per heavy atom. The van der Waals surface area contributed by atoms with Crippen molar-refractivity contribution in [2.45, 2.75) is 45.4 Å². The van der Waals surface area contributed by atoms with E-state index in [9.17, 15) is 18.0 Å². The Hall–Kier alpha value is -1.98. The van der Waals surface area contributed by atoms with Gasteiger partial charge < -0.3 is 9.64 Å². The number of carbonyl (C=O) groups excluding carboxylic acids is 1. The molecule has 1 heterocycles. The fourth-order valence-electron chi connectivity index (χ4n) is 2.66. The van der Waals surface area contributed by atoms with Gasteiger partial charge in [-0.2, -0.15) is 13.2 Å². The van der Waals surface area contributed by atoms with Crippen LogP contribution in [0.1, 0.15) is 38.3 Å². The molecule has 25 heavy (non-hydrogen) atoms. The molecule has 1 aliphatic heterocycles. The molecule has 138 valence electrons. The Kier molecular flexibility index (Phi) is 5.80. The molecule has 0 radical (unpaired) electrons. The summed E-state index contributed by atoms with van der Waals surface area (Å²) in [6.07, 6.45) is 0.812. The Bertz CT molecular complexity index is 615. The van der Waals surface area contributed by atoms with Gasteiger partial charge in [-0.1, -0.05) is 24.3 Å². The van der Waals surface area contributed by atoms with E-state index >= 15 is 0 Å². The van der Waals surface area contributed by atoms with Crippen molar-refractivity contribution in [3.05, 3.63) is 47.5 Å². The average molecular weight is 355 g/mol. The van der Waals surface area contributed by atoms with E-state index in [0.717, 1.165) is 24.1 Å². The van der Waals surface area contributed by atoms with Crippen LogP contribution >= 0.6 is 0 Å². The van der Waals surface area contributed by atoms with E-state index in [1.165, 1.54) is 12.1 Å². The van der Waals surface area contributed by atoms with Gasteiger partial charge in [-0.3, -0.25) is 0 Å². The van der Waals surface area contributed by atoms with Gasteiger partial charge in [0, 0.05) is 13.1 Å². The lowest BCUT2D eigenvalue weighted by Gasteiger charge is -2.24. The number of benzene rings is 1. The average Bonchev–Trinajstić information content (AvgIpc) is 2.94. The van der Waals surface area contributed by atoms with Crippen molar-refractivity contribution in [2.75, 3.05) is 13.1 Å². The zero-order chi connectivity index (χ0) is 18.7. The molecule has 0 bridgehead atoms. The molecule has 1 aromatic carbocycles. The third kappa shape index (κ3) is 6.11. The molecule has 1 saturated heterocycles. The molecular weight excluding hydrogens is 331 g/mol. The van der Waals surface area contributed by atoms with Crippen LogP contribution in [-0.2, 0) is 17.3 Å². The van der Waals surface area contributed by atoms with E-state index in [0.29, 0.717) is 19.5 Å². The number of hydrogen-bond acceptors (Lipinski definition) is 2. The van der Waals surface area contributed by atoms with Crippen LogP contribution in [0.25, 0.3) is 0 Å². The Labute approximate surface area is 146 Å². The minimum absolute atomic E-state index is 0.252. The van der Waals surface area contributed by atoms with Gasteiger partial charge in [0.05, 0.1) is 5.56 Å². The van der Waals surface area contributed by atoms with E-state index in [2.05, 4.69) is 0 Å². The zero-order valence-corrected chi connectivity index (χ0v) is 14.8. The molecule has 1 amide bonds. The summed E-state index contributed by atoms with van der Waals surface area (Å²) < 4.78 is 42.9. The van der Waals surface area contributed by atoms with E-state index in [1.54, 1.807) is 4.90 Å². The molecule has 0 N–H and O–H groups in total. The van der Waals surface area contributed by atoms with Gasteiger partial charge in [-0.25, -0.2) is 4.79 Å². The summed E-state index contributed by atoms with van der Waals surface area (Å²) in [6.45, 7) is 6.77. The van der Waals surface area contributed by atoms with Crippen LogP contribution in [0, 0.1) is 5.92 Å². The van der Waals surface area contributed by atoms with Crippen molar-refractivity contribution in [2.24, 2.45) is 5.92 Å². The highest BCUT2D eigenvalue weighted by atomic mass is 19.4. The molecule has 1 fully saturated rings. The van der Waals surface area contributed by atoms with Crippen LogP contribution in [0.2, 0.25) is 0 Å². The van der Waals surface area contributed by atoms with E-state index < -0.39 is 17.3 Å². The van der Waals surface area contributed by atoms with Gasteiger partial charge in [0.2, 0.25) is 0 Å². The molecule has 0 saturated carbocycles. The predicted molar refractivity (Wildman–Crippen MR) is 90.2 cm³/mol. The summed E-state index contributed by atoms with van der Waals surface area (Å²) in [5.74, 6) is 0.252. The van der Waals surface area contributed by atoms with Crippen LogP contribution in [0.4, 0.5) is 18.0 Å². The second kappa shape index (κ2) is 7.50. The third-order valence-corrected chi connectivity index (χ3v) is 3.92. The number of nitrogens with zero attached hydrogens (tertiary/aromatic N) is 1. The smallest absolute Gasteiger partial charge is 0.416 e. The monoisotopic (exact) mass is 355 g/mol. The number of allylic oxidation sites excluding steroid dienone is 1. The summed E-state index contributed by atoms with van der Waals surface area (Å²) >= 11 is 0. The largest absolute Gasteiger partial charge is 0.444 e. The first-order chi connectivity index (χ1) is 11.5. The van der Waals surface area contributed by atoms with Crippen molar-refractivity contribution in [1.29, 1.82) is 0 Å². The van der Waals surface area contributed by atoms with Crippen molar-refractivity contribution in [3.8, 4) is 0 Å². The van der Waals surface area contributed by atoms with Gasteiger partial charge >= 0.3 is 12.3 Å². The number of rotatable bonds is 3. The second-order valence-electron chi connectivity index (χ2n) is 7.30. The normalized spacial score (nSPS) is 18.8. The quantitative estimate of drug-likeness (QED) is 0.709. The highest BCUT2D eigenvalue weighted by molar-refractivity contribution is 5.68. The van der Waals surface area contributed by atoms with Crippen molar-refractivity contribution in [3.63, 3.8) is 0 Å². The van der Waals surface area contributed by atoms with E-state index in [4.69, 9.17) is 4.74 Å². The molecule has 3 nitrogen and oxygen atoms in total. The van der Waals surface area contributed by atoms with Crippen molar-refractivity contribution >= 4 is 6.09 Å². The SMILES string of the molecule is CC(C)(C)OC(=O)N1CCC(C=CCc2ccc(C(F)(F)F)cc2)C1. The number of likely N-dealkylation sites (tertiary alicyclic amines) is 1. The lowest BCUT2D eigenvalue weighted by Crippen LogP contribution is -2.35. The van der Waals surface area contributed by atoms with Gasteiger partial charge in [0.15, 0.2) is 0 Å². The Morgan fingerprint density at radius 1 is 1.24 bits per heavy atom. The third-order valence-electron chi connectivity index (χ3n) is 3.92. The summed E-state index contributed by atoms with van der Waals surface area (Å²) in [6, 6.07) is 5.19. The van der Waals surface area contributed by atoms with Gasteiger partial charge in [0.1, 0.15) is 5.60 Å². The fourth-order valence-corrected chi connectivity index (χ4v) is 2.66. The maximum absolute atomic E-state index is 12.5. The fraction of sp³-hybridized carbons (Fsp3) is 0.526. The van der Waals surface area contributed by atoms with Gasteiger partial charge in [-0.15, -0.1) is 0 Å². The lowest BCUT2D eigenvalue weighted by atomic mass is 10.1. The summed E-state index contributed by atoms with van der Waals surface area (Å²) in [5.41, 5.74) is -0.316. The maximum Gasteiger partial charge on any atom is 0.416 e. The van der Waals surface area contributed by atoms with Crippen LogP contribution in [0.15, 0.2) is 36.4 Å². The highest BCUT2D eigenvalue weighted by Gasteiger charge is 2.30. The molecule has 2 rings (SSSR count). The topological polar surface area (TPSA) is 29.5 Å². The molecule has 1 aliphatic rings. The van der Waals surface area contributed by atoms with Gasteiger partial charge in [-0.05, 0) is 57.2 Å². The molecule has 6 heteroatoms. The van der Waals surface area contributed by atoms with Crippen LogP contribution in [0.3, 0.4) is 0 Å². The number of amides is 1. The van der Waals surface area contributed by atoms with E-state index in [1.807, 2.05) is 32.9 Å². The van der Waals surface area contributed by atoms with E-state index in [-0.39, 0.29) is 12.0 Å². The summed E-state index contributed by atoms with van der Waals surface area (Å²) in [4.78, 5) is 13.7. The zero-order valence-electron chi connectivity index (χ0n) is 14.8. The maximum atomic E-state index is 12.5. The van der Waals surface area contributed by atoms with Gasteiger partial charge in [0.25, 0.3) is 0 Å². The molecule has 1 unspecified atom stereocenters. The second-order valence-corrected chi connectivity index (χ2v) is 7.30. The summed E-state index contributed by atoms with van der Waals surface area (Å²) in [7, 11) is 0. The molecule has 1 atom stereocenters. The number of carbonyl (C=O) groups is 1. The minimum Gasteiger partial charge on any atom is -0.444 e. The first kappa shape index (κ1) is 19.3. The lowest BCUT2D eigenvalue weighted by molar-refractivity contribution is -0.137.